The zero-order chi connectivity index (χ0) is 30.0. The summed E-state index contributed by atoms with van der Waals surface area (Å²) in [6.07, 6.45) is 0.0853. The molecule has 43 heavy (non-hydrogen) atoms. The highest BCUT2D eigenvalue weighted by atomic mass is 32.1. The van der Waals surface area contributed by atoms with E-state index >= 15 is 0 Å². The lowest BCUT2D eigenvalue weighted by Gasteiger charge is -2.28. The maximum absolute atomic E-state index is 14.2. The van der Waals surface area contributed by atoms with Crippen LogP contribution < -0.4 is 9.64 Å². The number of ether oxygens (including phenoxy) is 2. The van der Waals surface area contributed by atoms with Crippen molar-refractivity contribution in [3.8, 4) is 5.75 Å². The average Bonchev–Trinajstić information content (AvgIpc) is 3.48. The topological polar surface area (TPSA) is 68.7 Å². The van der Waals surface area contributed by atoms with Crippen LogP contribution in [0.25, 0.3) is 10.2 Å². The van der Waals surface area contributed by atoms with Crippen LogP contribution in [0.5, 0.6) is 5.75 Å². The SMILES string of the molecule is O=C(CC[C@@H](Cc1cc(F)cc(F)c1)C(=O)N(CCOCc1ccccc1)c1ccc2scnc2c1)Oc1ccccc1. The minimum Gasteiger partial charge on any atom is -0.427 e. The second-order valence-corrected chi connectivity index (χ2v) is 10.9. The number of hydrogen-bond acceptors (Lipinski definition) is 6. The first-order valence-electron chi connectivity index (χ1n) is 13.9. The molecule has 0 unspecified atom stereocenters. The predicted molar refractivity (Wildman–Crippen MR) is 163 cm³/mol. The molecule has 0 fully saturated rings. The van der Waals surface area contributed by atoms with Crippen LogP contribution >= 0.6 is 11.3 Å². The van der Waals surface area contributed by atoms with Gasteiger partial charge in [0, 0.05) is 30.6 Å². The first-order valence-corrected chi connectivity index (χ1v) is 14.8. The quantitative estimate of drug-likeness (QED) is 0.0802. The molecule has 0 aliphatic heterocycles. The van der Waals surface area contributed by atoms with Gasteiger partial charge in [-0.3, -0.25) is 9.59 Å². The Labute approximate surface area is 252 Å². The van der Waals surface area contributed by atoms with Gasteiger partial charge in [0.25, 0.3) is 0 Å². The van der Waals surface area contributed by atoms with E-state index in [0.29, 0.717) is 23.6 Å². The Morgan fingerprint density at radius 1 is 0.860 bits per heavy atom. The van der Waals surface area contributed by atoms with Crippen molar-refractivity contribution < 1.29 is 27.8 Å². The summed E-state index contributed by atoms with van der Waals surface area (Å²) in [7, 11) is 0. The van der Waals surface area contributed by atoms with Gasteiger partial charge in [-0.1, -0.05) is 48.5 Å². The van der Waals surface area contributed by atoms with Crippen molar-refractivity contribution in [2.45, 2.75) is 25.9 Å². The zero-order valence-corrected chi connectivity index (χ0v) is 24.1. The summed E-state index contributed by atoms with van der Waals surface area (Å²) in [5, 5.41) is 0. The lowest BCUT2D eigenvalue weighted by molar-refractivity contribution is -0.135. The van der Waals surface area contributed by atoms with Crippen molar-refractivity contribution in [1.29, 1.82) is 0 Å². The summed E-state index contributed by atoms with van der Waals surface area (Å²) in [6, 6.07) is 27.2. The van der Waals surface area contributed by atoms with E-state index in [0.717, 1.165) is 21.8 Å². The highest BCUT2D eigenvalue weighted by Gasteiger charge is 2.28. The lowest BCUT2D eigenvalue weighted by atomic mass is 9.92. The van der Waals surface area contributed by atoms with Crippen molar-refractivity contribution in [2.75, 3.05) is 18.1 Å². The maximum atomic E-state index is 14.2. The van der Waals surface area contributed by atoms with Crippen LogP contribution in [0.1, 0.15) is 24.0 Å². The van der Waals surface area contributed by atoms with E-state index in [4.69, 9.17) is 9.47 Å². The van der Waals surface area contributed by atoms with E-state index in [1.165, 1.54) is 23.5 Å². The number of anilines is 1. The van der Waals surface area contributed by atoms with Gasteiger partial charge >= 0.3 is 5.97 Å². The molecular weight excluding hydrogens is 570 g/mol. The van der Waals surface area contributed by atoms with Crippen molar-refractivity contribution >= 4 is 39.1 Å². The van der Waals surface area contributed by atoms with Gasteiger partial charge in [-0.25, -0.2) is 13.8 Å². The van der Waals surface area contributed by atoms with E-state index < -0.39 is 23.5 Å². The number of benzene rings is 4. The van der Waals surface area contributed by atoms with Crippen LogP contribution in [0.15, 0.2) is 103 Å². The Balaban J connectivity index is 1.37. The van der Waals surface area contributed by atoms with Crippen molar-refractivity contribution in [3.05, 3.63) is 125 Å². The van der Waals surface area contributed by atoms with Crippen molar-refractivity contribution in [1.82, 2.24) is 4.98 Å². The molecule has 0 radical (unpaired) electrons. The van der Waals surface area contributed by atoms with Gasteiger partial charge in [0.05, 0.1) is 28.9 Å². The van der Waals surface area contributed by atoms with Gasteiger partial charge in [0.2, 0.25) is 5.91 Å². The van der Waals surface area contributed by atoms with Crippen molar-refractivity contribution in [3.63, 3.8) is 0 Å². The lowest BCUT2D eigenvalue weighted by Crippen LogP contribution is -2.39. The molecule has 0 aliphatic rings. The summed E-state index contributed by atoms with van der Waals surface area (Å²) in [4.78, 5) is 32.9. The highest BCUT2D eigenvalue weighted by Crippen LogP contribution is 2.28. The molecule has 220 valence electrons. The Morgan fingerprint density at radius 3 is 2.33 bits per heavy atom. The molecule has 5 rings (SSSR count). The Kier molecular flexibility index (Phi) is 10.2. The van der Waals surface area contributed by atoms with E-state index in [-0.39, 0.29) is 38.3 Å². The number of hydrogen-bond donors (Lipinski definition) is 0. The second kappa shape index (κ2) is 14.6. The largest absolute Gasteiger partial charge is 0.427 e. The number of carbonyl (C=O) groups excluding carboxylic acids is 2. The van der Waals surface area contributed by atoms with Gasteiger partial charge < -0.3 is 14.4 Å². The Bertz CT molecular complexity index is 1640. The molecule has 0 aliphatic carbocycles. The standard InChI is InChI=1S/C34H30F2N2O4S/c35-27-18-25(19-28(36)20-27)17-26(11-14-33(39)42-30-9-5-2-6-10-30)34(40)38(15-16-41-22-24-7-3-1-4-8-24)29-12-13-32-31(21-29)37-23-43-32/h1-10,12-13,18-21,23,26H,11,14-17,22H2/t26-/m0/s1. The summed E-state index contributed by atoms with van der Waals surface area (Å²) in [5.74, 6) is -2.64. The number of thiazole rings is 1. The molecule has 0 saturated heterocycles. The number of amides is 1. The summed E-state index contributed by atoms with van der Waals surface area (Å²) < 4.78 is 40.5. The Hall–Kier alpha value is -4.47. The van der Waals surface area contributed by atoms with E-state index in [1.807, 2.05) is 54.6 Å². The Morgan fingerprint density at radius 2 is 1.58 bits per heavy atom. The molecule has 6 nitrogen and oxygen atoms in total. The number of halogens is 2. The van der Waals surface area contributed by atoms with Crippen LogP contribution in [0, 0.1) is 17.6 Å². The number of para-hydroxylation sites is 1. The molecule has 1 heterocycles. The number of fused-ring (bicyclic) bond motifs is 1. The maximum Gasteiger partial charge on any atom is 0.311 e. The molecule has 0 spiro atoms. The van der Waals surface area contributed by atoms with Crippen molar-refractivity contribution in [2.24, 2.45) is 5.92 Å². The summed E-state index contributed by atoms with van der Waals surface area (Å²) in [5.41, 5.74) is 4.44. The number of esters is 1. The van der Waals surface area contributed by atoms with E-state index in [2.05, 4.69) is 4.98 Å². The number of carbonyl (C=O) groups is 2. The molecule has 1 aromatic heterocycles. The van der Waals surface area contributed by atoms with Gasteiger partial charge in [0.1, 0.15) is 17.4 Å². The molecule has 4 aromatic carbocycles. The first-order chi connectivity index (χ1) is 20.9. The predicted octanol–water partition coefficient (Wildman–Crippen LogP) is 7.37. The third kappa shape index (κ3) is 8.53. The monoisotopic (exact) mass is 600 g/mol. The minimum atomic E-state index is -0.773. The van der Waals surface area contributed by atoms with E-state index in [9.17, 15) is 18.4 Å². The van der Waals surface area contributed by atoms with Gasteiger partial charge in [-0.2, -0.15) is 0 Å². The fourth-order valence-electron chi connectivity index (χ4n) is 4.81. The third-order valence-corrected chi connectivity index (χ3v) is 7.70. The summed E-state index contributed by atoms with van der Waals surface area (Å²) in [6.45, 7) is 0.849. The summed E-state index contributed by atoms with van der Waals surface area (Å²) >= 11 is 1.50. The van der Waals surface area contributed by atoms with Crippen LogP contribution in [0.4, 0.5) is 14.5 Å². The number of aromatic nitrogens is 1. The van der Waals surface area contributed by atoms with Gasteiger partial charge in [0.15, 0.2) is 0 Å². The second-order valence-electron chi connectivity index (χ2n) is 10.0. The molecule has 0 saturated carbocycles. The van der Waals surface area contributed by atoms with Crippen LogP contribution in [-0.2, 0) is 27.4 Å². The zero-order valence-electron chi connectivity index (χ0n) is 23.3. The molecule has 1 atom stereocenters. The van der Waals surface area contributed by atoms with Crippen LogP contribution in [0.2, 0.25) is 0 Å². The minimum absolute atomic E-state index is 0.0342. The fourth-order valence-corrected chi connectivity index (χ4v) is 5.47. The molecule has 9 heteroatoms. The molecule has 0 N–H and O–H groups in total. The first kappa shape index (κ1) is 30.0. The van der Waals surface area contributed by atoms with Crippen LogP contribution in [0.3, 0.4) is 0 Å². The smallest absolute Gasteiger partial charge is 0.311 e. The average molecular weight is 601 g/mol. The van der Waals surface area contributed by atoms with Crippen LogP contribution in [-0.4, -0.2) is 30.0 Å². The molecule has 0 bridgehead atoms. The molecule has 1 amide bonds. The highest BCUT2D eigenvalue weighted by molar-refractivity contribution is 7.16. The van der Waals surface area contributed by atoms with Gasteiger partial charge in [-0.15, -0.1) is 11.3 Å². The van der Waals surface area contributed by atoms with E-state index in [1.54, 1.807) is 34.7 Å². The third-order valence-electron chi connectivity index (χ3n) is 6.89. The van der Waals surface area contributed by atoms with Gasteiger partial charge in [-0.05, 0) is 66.4 Å². The number of rotatable bonds is 13. The molecular formula is C34H30F2N2O4S. The number of nitrogens with zero attached hydrogens (tertiary/aromatic N) is 2. The normalized spacial score (nSPS) is 11.8. The molecule has 5 aromatic rings. The fraction of sp³-hybridized carbons (Fsp3) is 0.206.